The van der Waals surface area contributed by atoms with E-state index in [1.807, 2.05) is 39.8 Å². The van der Waals surface area contributed by atoms with E-state index in [2.05, 4.69) is 24.0 Å². The molecule has 2 aromatic rings. The summed E-state index contributed by atoms with van der Waals surface area (Å²) in [6.45, 7) is 11.8. The monoisotopic (exact) mass is 385 g/mol. The Morgan fingerprint density at radius 2 is 1.64 bits per heavy atom. The van der Waals surface area contributed by atoms with Gasteiger partial charge in [-0.15, -0.1) is 0 Å². The van der Waals surface area contributed by atoms with E-state index in [1.54, 1.807) is 12.1 Å². The number of hydrogen-bond donors (Lipinski definition) is 0. The van der Waals surface area contributed by atoms with Crippen molar-refractivity contribution in [3.05, 3.63) is 58.9 Å². The second kappa shape index (κ2) is 8.95. The van der Waals surface area contributed by atoms with Gasteiger partial charge in [-0.1, -0.05) is 18.2 Å². The van der Waals surface area contributed by atoms with Crippen molar-refractivity contribution < 1.29 is 13.9 Å². The van der Waals surface area contributed by atoms with Crippen LogP contribution >= 0.6 is 0 Å². The van der Waals surface area contributed by atoms with E-state index in [0.717, 1.165) is 42.0 Å². The van der Waals surface area contributed by atoms with Gasteiger partial charge in [-0.25, -0.2) is 4.39 Å². The molecule has 1 aliphatic rings. The zero-order chi connectivity index (χ0) is 20.3. The van der Waals surface area contributed by atoms with Gasteiger partial charge in [-0.2, -0.15) is 0 Å². The van der Waals surface area contributed by atoms with Crippen LogP contribution in [0.5, 0.6) is 11.5 Å². The van der Waals surface area contributed by atoms with Gasteiger partial charge in [0, 0.05) is 24.7 Å². The Labute approximate surface area is 168 Å². The van der Waals surface area contributed by atoms with E-state index in [1.165, 1.54) is 5.56 Å². The summed E-state index contributed by atoms with van der Waals surface area (Å²) in [5, 5.41) is 0. The highest BCUT2D eigenvalue weighted by Crippen LogP contribution is 2.32. The second-order valence-corrected chi connectivity index (χ2v) is 8.28. The minimum absolute atomic E-state index is 0.0802. The minimum Gasteiger partial charge on any atom is -0.487 e. The van der Waals surface area contributed by atoms with E-state index in [4.69, 9.17) is 9.47 Å². The van der Waals surface area contributed by atoms with Crippen LogP contribution in [-0.4, -0.2) is 23.1 Å². The lowest BCUT2D eigenvalue weighted by Crippen LogP contribution is -2.28. The summed E-state index contributed by atoms with van der Waals surface area (Å²) in [4.78, 5) is 2.36. The molecule has 3 rings (SSSR count). The third-order valence-electron chi connectivity index (χ3n) is 5.16. The van der Waals surface area contributed by atoms with Crippen LogP contribution in [0.4, 0.5) is 4.39 Å². The smallest absolute Gasteiger partial charge is 0.161 e. The summed E-state index contributed by atoms with van der Waals surface area (Å²) in [6.07, 6.45) is 2.17. The zero-order valence-corrected chi connectivity index (χ0v) is 17.7. The molecule has 0 amide bonds. The average Bonchev–Trinajstić information content (AvgIpc) is 3.06. The van der Waals surface area contributed by atoms with Gasteiger partial charge >= 0.3 is 0 Å². The van der Waals surface area contributed by atoms with Gasteiger partial charge in [-0.05, 0) is 76.8 Å². The van der Waals surface area contributed by atoms with Crippen molar-refractivity contribution in [3.63, 3.8) is 0 Å². The first-order valence-corrected chi connectivity index (χ1v) is 10.3. The number of nitrogens with zero attached hydrogens (tertiary/aromatic N) is 1. The fourth-order valence-corrected chi connectivity index (χ4v) is 3.68. The Bertz CT molecular complexity index is 803. The number of halogens is 1. The highest BCUT2D eigenvalue weighted by atomic mass is 19.1. The maximum atomic E-state index is 14.0. The summed E-state index contributed by atoms with van der Waals surface area (Å²) < 4.78 is 25.9. The maximum absolute atomic E-state index is 14.0. The molecule has 1 atom stereocenters. The summed E-state index contributed by atoms with van der Waals surface area (Å²) >= 11 is 0. The highest BCUT2D eigenvalue weighted by molar-refractivity contribution is 5.43. The van der Waals surface area contributed by atoms with Gasteiger partial charge in [0.15, 0.2) is 11.5 Å². The fourth-order valence-electron chi connectivity index (χ4n) is 3.68. The second-order valence-electron chi connectivity index (χ2n) is 8.28. The Kier molecular flexibility index (Phi) is 6.61. The summed E-state index contributed by atoms with van der Waals surface area (Å²) in [5.41, 5.74) is 3.22. The van der Waals surface area contributed by atoms with E-state index < -0.39 is 0 Å². The van der Waals surface area contributed by atoms with Crippen molar-refractivity contribution in [3.8, 4) is 11.5 Å². The first-order valence-electron chi connectivity index (χ1n) is 10.3. The van der Waals surface area contributed by atoms with Crippen LogP contribution in [0.3, 0.4) is 0 Å². The van der Waals surface area contributed by atoms with Crippen LogP contribution < -0.4 is 9.47 Å². The molecule has 0 radical (unpaired) electrons. The Balaban J connectivity index is 1.63. The van der Waals surface area contributed by atoms with Crippen molar-refractivity contribution in [1.82, 2.24) is 4.90 Å². The minimum atomic E-state index is -0.0802. The molecule has 28 heavy (non-hydrogen) atoms. The van der Waals surface area contributed by atoms with Gasteiger partial charge in [0.05, 0.1) is 12.2 Å². The molecule has 1 aliphatic heterocycles. The van der Waals surface area contributed by atoms with E-state index in [0.29, 0.717) is 12.6 Å². The standard InChI is InChI=1S/C24H32FNO2/c1-16(2)27-23-12-11-19(13-24(23)28-17(3)4)10-9-18(5)26-14-20-7-6-8-22(25)21(20)15-26/h6-8,11-13,16-18H,9-10,14-15H2,1-5H3/t18-/m1/s1. The van der Waals surface area contributed by atoms with Crippen LogP contribution in [0.15, 0.2) is 36.4 Å². The molecule has 0 aromatic heterocycles. The molecule has 3 nitrogen and oxygen atoms in total. The largest absolute Gasteiger partial charge is 0.487 e. The van der Waals surface area contributed by atoms with E-state index in [-0.39, 0.29) is 18.0 Å². The molecule has 2 aromatic carbocycles. The van der Waals surface area contributed by atoms with Crippen molar-refractivity contribution >= 4 is 0 Å². The third-order valence-corrected chi connectivity index (χ3v) is 5.16. The molecule has 152 valence electrons. The van der Waals surface area contributed by atoms with E-state index >= 15 is 0 Å². The van der Waals surface area contributed by atoms with Crippen LogP contribution in [0.25, 0.3) is 0 Å². The molecule has 0 saturated heterocycles. The highest BCUT2D eigenvalue weighted by Gasteiger charge is 2.25. The lowest BCUT2D eigenvalue weighted by molar-refractivity contribution is 0.197. The maximum Gasteiger partial charge on any atom is 0.161 e. The van der Waals surface area contributed by atoms with Crippen LogP contribution in [0.2, 0.25) is 0 Å². The van der Waals surface area contributed by atoms with E-state index in [9.17, 15) is 4.39 Å². The summed E-state index contributed by atoms with van der Waals surface area (Å²) in [6, 6.07) is 12.0. The lowest BCUT2D eigenvalue weighted by Gasteiger charge is -2.24. The number of aryl methyl sites for hydroxylation is 1. The average molecular weight is 386 g/mol. The van der Waals surface area contributed by atoms with Gasteiger partial charge < -0.3 is 9.47 Å². The fraction of sp³-hybridized carbons (Fsp3) is 0.500. The van der Waals surface area contributed by atoms with Crippen molar-refractivity contribution in [1.29, 1.82) is 0 Å². The van der Waals surface area contributed by atoms with Gasteiger partial charge in [-0.3, -0.25) is 4.90 Å². The first-order chi connectivity index (χ1) is 13.3. The quantitative estimate of drug-likeness (QED) is 0.579. The van der Waals surface area contributed by atoms with Crippen molar-refractivity contribution in [2.45, 2.75) is 78.8 Å². The summed E-state index contributed by atoms with van der Waals surface area (Å²) in [5.74, 6) is 1.53. The number of fused-ring (bicyclic) bond motifs is 1. The van der Waals surface area contributed by atoms with Crippen LogP contribution in [-0.2, 0) is 19.5 Å². The van der Waals surface area contributed by atoms with Gasteiger partial charge in [0.2, 0.25) is 0 Å². The first kappa shape index (κ1) is 20.7. The number of benzene rings is 2. The number of ether oxygens (including phenoxy) is 2. The lowest BCUT2D eigenvalue weighted by atomic mass is 10.0. The topological polar surface area (TPSA) is 21.7 Å². The Morgan fingerprint density at radius 3 is 2.32 bits per heavy atom. The third kappa shape index (κ3) is 5.05. The molecule has 4 heteroatoms. The molecule has 0 bridgehead atoms. The van der Waals surface area contributed by atoms with Crippen molar-refractivity contribution in [2.75, 3.05) is 0 Å². The van der Waals surface area contributed by atoms with Gasteiger partial charge in [0.25, 0.3) is 0 Å². The van der Waals surface area contributed by atoms with Gasteiger partial charge in [0.1, 0.15) is 5.82 Å². The SMILES string of the molecule is CC(C)Oc1ccc(CC[C@@H](C)N2Cc3cccc(F)c3C2)cc1OC(C)C. The zero-order valence-electron chi connectivity index (χ0n) is 17.7. The Morgan fingerprint density at radius 1 is 0.929 bits per heavy atom. The summed E-state index contributed by atoms with van der Waals surface area (Å²) in [7, 11) is 0. The number of rotatable bonds is 8. The molecule has 0 spiro atoms. The molecular formula is C24H32FNO2. The molecule has 1 heterocycles. The van der Waals surface area contributed by atoms with Crippen LogP contribution in [0, 0.1) is 5.82 Å². The molecule has 0 saturated carbocycles. The normalized spacial score (nSPS) is 15.1. The predicted molar refractivity (Wildman–Crippen MR) is 111 cm³/mol. The molecular weight excluding hydrogens is 353 g/mol. The predicted octanol–water partition coefficient (Wildman–Crippen LogP) is 5.74. The van der Waals surface area contributed by atoms with Crippen molar-refractivity contribution in [2.24, 2.45) is 0 Å². The van der Waals surface area contributed by atoms with Crippen LogP contribution in [0.1, 0.15) is 57.7 Å². The molecule has 0 aliphatic carbocycles. The molecule has 0 N–H and O–H groups in total. The number of hydrogen-bond acceptors (Lipinski definition) is 3. The molecule has 0 fully saturated rings. The molecule has 0 unspecified atom stereocenters. The Hall–Kier alpha value is -2.07.